The van der Waals surface area contributed by atoms with Crippen molar-refractivity contribution >= 4 is 5.91 Å². The molecule has 1 heterocycles. The molecule has 15 heavy (non-hydrogen) atoms. The molecule has 4 nitrogen and oxygen atoms in total. The van der Waals surface area contributed by atoms with E-state index < -0.39 is 18.0 Å². The molecule has 0 saturated carbocycles. The van der Waals surface area contributed by atoms with Crippen LogP contribution in [0.5, 0.6) is 5.75 Å². The number of methoxy groups -OCH3 is 1. The number of primary amides is 1. The van der Waals surface area contributed by atoms with E-state index in [1.54, 1.807) is 6.92 Å². The number of ether oxygens (including phenoxy) is 1. The molecule has 0 radical (unpaired) electrons. The van der Waals surface area contributed by atoms with E-state index in [0.29, 0.717) is 5.56 Å². The molecule has 6 heteroatoms. The van der Waals surface area contributed by atoms with Gasteiger partial charge >= 0.3 is 0 Å². The van der Waals surface area contributed by atoms with Gasteiger partial charge in [0.2, 0.25) is 0 Å². The summed E-state index contributed by atoms with van der Waals surface area (Å²) < 4.78 is 29.6. The smallest absolute Gasteiger partial charge is 0.280 e. The van der Waals surface area contributed by atoms with Crippen molar-refractivity contribution in [1.29, 1.82) is 0 Å². The fraction of sp³-hybridized carbons (Fsp3) is 0.333. The number of amides is 1. The van der Waals surface area contributed by atoms with E-state index in [1.807, 2.05) is 0 Å². The number of hydrogen-bond acceptors (Lipinski definition) is 3. The lowest BCUT2D eigenvalue weighted by Crippen LogP contribution is -2.16. The number of nitrogens with zero attached hydrogens (tertiary/aromatic N) is 1. The zero-order chi connectivity index (χ0) is 11.6. The molecule has 0 fully saturated rings. The maximum absolute atomic E-state index is 12.4. The second-order valence-corrected chi connectivity index (χ2v) is 2.91. The molecule has 0 unspecified atom stereocenters. The molecular weight excluding hydrogens is 206 g/mol. The normalized spacial score (nSPS) is 10.5. The number of rotatable bonds is 3. The number of pyridine rings is 1. The van der Waals surface area contributed by atoms with Crippen LogP contribution in [0.4, 0.5) is 8.78 Å². The Balaban J connectivity index is 3.38. The van der Waals surface area contributed by atoms with Crippen LogP contribution in [-0.2, 0) is 0 Å². The minimum absolute atomic E-state index is 0.131. The number of nitrogens with two attached hydrogens (primary N) is 1. The van der Waals surface area contributed by atoms with Crippen LogP contribution in [0.3, 0.4) is 0 Å². The Labute approximate surface area is 85.1 Å². The Bertz CT molecular complexity index is 394. The maximum Gasteiger partial charge on any atom is 0.280 e. The lowest BCUT2D eigenvalue weighted by molar-refractivity contribution is 0.0989. The van der Waals surface area contributed by atoms with Gasteiger partial charge in [-0.1, -0.05) is 0 Å². The third kappa shape index (κ3) is 2.20. The van der Waals surface area contributed by atoms with E-state index in [-0.39, 0.29) is 11.4 Å². The second-order valence-electron chi connectivity index (χ2n) is 2.91. The largest absolute Gasteiger partial charge is 0.494 e. The van der Waals surface area contributed by atoms with Crippen molar-refractivity contribution in [3.8, 4) is 5.75 Å². The Morgan fingerprint density at radius 3 is 2.60 bits per heavy atom. The molecule has 1 aromatic rings. The quantitative estimate of drug-likeness (QED) is 0.831. The predicted molar refractivity (Wildman–Crippen MR) is 49.0 cm³/mol. The molecule has 1 amide bonds. The van der Waals surface area contributed by atoms with Crippen LogP contribution >= 0.6 is 0 Å². The number of aryl methyl sites for hydroxylation is 1. The molecule has 2 N–H and O–H groups in total. The highest BCUT2D eigenvalue weighted by molar-refractivity contribution is 5.94. The van der Waals surface area contributed by atoms with Crippen molar-refractivity contribution in [3.63, 3.8) is 0 Å². The minimum atomic E-state index is -2.74. The first kappa shape index (κ1) is 11.4. The number of halogens is 2. The molecule has 0 aliphatic carbocycles. The van der Waals surface area contributed by atoms with Crippen LogP contribution in [0.1, 0.15) is 28.2 Å². The van der Waals surface area contributed by atoms with Crippen LogP contribution in [-0.4, -0.2) is 18.0 Å². The van der Waals surface area contributed by atoms with Gasteiger partial charge in [0, 0.05) is 0 Å². The van der Waals surface area contributed by atoms with Gasteiger partial charge in [0.05, 0.1) is 7.11 Å². The molecule has 0 spiro atoms. The summed E-state index contributed by atoms with van der Waals surface area (Å²) in [4.78, 5) is 14.4. The standard InChI is InChI=1S/C9H10F2N2O2/c1-4-3-5(8(10)11)13-6(9(12)14)7(4)15-2/h3,8H,1-2H3,(H2,12,14). The van der Waals surface area contributed by atoms with Gasteiger partial charge < -0.3 is 10.5 Å². The zero-order valence-electron chi connectivity index (χ0n) is 8.25. The van der Waals surface area contributed by atoms with Crippen LogP contribution in [0.2, 0.25) is 0 Å². The molecule has 82 valence electrons. The SMILES string of the molecule is COc1c(C)cc(C(F)F)nc1C(N)=O. The first-order chi connectivity index (χ1) is 6.97. The highest BCUT2D eigenvalue weighted by Crippen LogP contribution is 2.26. The van der Waals surface area contributed by atoms with Crippen LogP contribution in [0.15, 0.2) is 6.07 Å². The van der Waals surface area contributed by atoms with Gasteiger partial charge in [0.25, 0.3) is 12.3 Å². The van der Waals surface area contributed by atoms with E-state index in [4.69, 9.17) is 10.5 Å². The van der Waals surface area contributed by atoms with Crippen molar-refractivity contribution in [1.82, 2.24) is 4.98 Å². The molecule has 1 aromatic heterocycles. The van der Waals surface area contributed by atoms with E-state index in [0.717, 1.165) is 6.07 Å². The fourth-order valence-electron chi connectivity index (χ4n) is 1.22. The number of hydrogen-bond donors (Lipinski definition) is 1. The van der Waals surface area contributed by atoms with Crippen molar-refractivity contribution in [3.05, 3.63) is 23.0 Å². The number of aromatic nitrogens is 1. The van der Waals surface area contributed by atoms with Crippen molar-refractivity contribution < 1.29 is 18.3 Å². The first-order valence-corrected chi connectivity index (χ1v) is 4.10. The van der Waals surface area contributed by atoms with Gasteiger partial charge in [0.1, 0.15) is 5.69 Å². The third-order valence-electron chi connectivity index (χ3n) is 1.84. The molecule has 0 atom stereocenters. The lowest BCUT2D eigenvalue weighted by atomic mass is 10.1. The summed E-state index contributed by atoms with van der Waals surface area (Å²) >= 11 is 0. The topological polar surface area (TPSA) is 65.2 Å². The summed E-state index contributed by atoms with van der Waals surface area (Å²) in [5.41, 5.74) is 4.65. The van der Waals surface area contributed by atoms with Crippen molar-refractivity contribution in [2.45, 2.75) is 13.3 Å². The van der Waals surface area contributed by atoms with Crippen LogP contribution in [0.25, 0.3) is 0 Å². The number of carbonyl (C=O) groups excluding carboxylic acids is 1. The second kappa shape index (κ2) is 4.20. The Kier molecular flexibility index (Phi) is 3.18. The van der Waals surface area contributed by atoms with Gasteiger partial charge in [-0.3, -0.25) is 4.79 Å². The monoisotopic (exact) mass is 216 g/mol. The van der Waals surface area contributed by atoms with Crippen LogP contribution < -0.4 is 10.5 Å². The average molecular weight is 216 g/mol. The molecule has 0 bridgehead atoms. The van der Waals surface area contributed by atoms with Crippen molar-refractivity contribution in [2.75, 3.05) is 7.11 Å². The Hall–Kier alpha value is -1.72. The molecule has 1 rings (SSSR count). The summed E-state index contributed by atoms with van der Waals surface area (Å²) in [5.74, 6) is -0.760. The van der Waals surface area contributed by atoms with E-state index in [1.165, 1.54) is 7.11 Å². The fourth-order valence-corrected chi connectivity index (χ4v) is 1.22. The Morgan fingerprint density at radius 2 is 2.20 bits per heavy atom. The van der Waals surface area contributed by atoms with Crippen LogP contribution in [0, 0.1) is 6.92 Å². The van der Waals surface area contributed by atoms with E-state index >= 15 is 0 Å². The van der Waals surface area contributed by atoms with Gasteiger partial charge in [0.15, 0.2) is 11.4 Å². The molecule has 0 aliphatic rings. The number of carbonyl (C=O) groups is 1. The average Bonchev–Trinajstić information content (AvgIpc) is 2.16. The molecule has 0 saturated heterocycles. The highest BCUT2D eigenvalue weighted by atomic mass is 19.3. The molecule has 0 aromatic carbocycles. The summed E-state index contributed by atoms with van der Waals surface area (Å²) in [7, 11) is 1.32. The third-order valence-corrected chi connectivity index (χ3v) is 1.84. The van der Waals surface area contributed by atoms with E-state index in [9.17, 15) is 13.6 Å². The first-order valence-electron chi connectivity index (χ1n) is 4.10. The highest BCUT2D eigenvalue weighted by Gasteiger charge is 2.19. The number of alkyl halides is 2. The van der Waals surface area contributed by atoms with Gasteiger partial charge in [-0.05, 0) is 18.6 Å². The van der Waals surface area contributed by atoms with Gasteiger partial charge in [-0.2, -0.15) is 0 Å². The zero-order valence-corrected chi connectivity index (χ0v) is 8.25. The Morgan fingerprint density at radius 1 is 1.60 bits per heavy atom. The molecule has 0 aliphatic heterocycles. The summed E-state index contributed by atoms with van der Waals surface area (Å²) in [6.07, 6.45) is -2.74. The lowest BCUT2D eigenvalue weighted by Gasteiger charge is -2.10. The predicted octanol–water partition coefficient (Wildman–Crippen LogP) is 1.44. The summed E-state index contributed by atoms with van der Waals surface area (Å²) in [6, 6.07) is 1.16. The van der Waals surface area contributed by atoms with E-state index in [2.05, 4.69) is 4.98 Å². The summed E-state index contributed by atoms with van der Waals surface area (Å²) in [5, 5.41) is 0. The van der Waals surface area contributed by atoms with Crippen molar-refractivity contribution in [2.24, 2.45) is 5.73 Å². The van der Waals surface area contributed by atoms with Gasteiger partial charge in [-0.15, -0.1) is 0 Å². The summed E-state index contributed by atoms with van der Waals surface area (Å²) in [6.45, 7) is 1.54. The maximum atomic E-state index is 12.4. The minimum Gasteiger partial charge on any atom is -0.494 e. The van der Waals surface area contributed by atoms with Gasteiger partial charge in [-0.25, -0.2) is 13.8 Å². The molecular formula is C9H10F2N2O2.